The van der Waals surface area contributed by atoms with Gasteiger partial charge in [-0.25, -0.2) is 4.98 Å². The molecule has 124 valence electrons. The van der Waals surface area contributed by atoms with Crippen LogP contribution in [0.4, 0.5) is 0 Å². The third-order valence-corrected chi connectivity index (χ3v) is 4.50. The molecular weight excluding hydrogens is 322 g/mol. The molecule has 3 heterocycles. The van der Waals surface area contributed by atoms with Gasteiger partial charge in [-0.15, -0.1) is 0 Å². The second kappa shape index (κ2) is 5.77. The van der Waals surface area contributed by atoms with Gasteiger partial charge in [-0.05, 0) is 26.1 Å². The lowest BCUT2D eigenvalue weighted by Gasteiger charge is -2.18. The number of fused-ring (bicyclic) bond motifs is 1. The second-order valence-corrected chi connectivity index (χ2v) is 5.99. The van der Waals surface area contributed by atoms with Crippen LogP contribution in [0.2, 0.25) is 0 Å². The number of pyridine rings is 1. The Morgan fingerprint density at radius 3 is 2.70 bits per heavy atom. The van der Waals surface area contributed by atoms with Crippen molar-refractivity contribution in [2.75, 3.05) is 6.61 Å². The van der Waals surface area contributed by atoms with E-state index in [9.17, 15) is 15.0 Å². The van der Waals surface area contributed by atoms with Gasteiger partial charge in [0.1, 0.15) is 24.0 Å². The van der Waals surface area contributed by atoms with Gasteiger partial charge in [0, 0.05) is 17.5 Å². The predicted octanol–water partition coefficient (Wildman–Crippen LogP) is -0.318. The van der Waals surface area contributed by atoms with E-state index in [1.807, 2.05) is 0 Å². The molecule has 0 amide bonds. The highest BCUT2D eigenvalue weighted by molar-refractivity contribution is 7.71. The maximum atomic E-state index is 12.4. The first kappa shape index (κ1) is 16.2. The number of rotatable bonds is 2. The van der Waals surface area contributed by atoms with Gasteiger partial charge in [0.25, 0.3) is 0 Å². The van der Waals surface area contributed by atoms with Gasteiger partial charge >= 0.3 is 0 Å². The molecule has 2 aromatic rings. The van der Waals surface area contributed by atoms with Crippen molar-refractivity contribution in [2.45, 2.75) is 38.4 Å². The molecule has 0 saturated carbocycles. The summed E-state index contributed by atoms with van der Waals surface area (Å²) in [4.78, 5) is 19.6. The zero-order valence-electron chi connectivity index (χ0n) is 12.6. The van der Waals surface area contributed by atoms with E-state index in [0.717, 1.165) is 0 Å². The van der Waals surface area contributed by atoms with Gasteiger partial charge in [0.2, 0.25) is 4.77 Å². The maximum absolute atomic E-state index is 12.4. The van der Waals surface area contributed by atoms with Gasteiger partial charge in [-0.2, -0.15) is 0 Å². The van der Waals surface area contributed by atoms with Crippen LogP contribution in [0.15, 0.2) is 11.0 Å². The van der Waals surface area contributed by atoms with E-state index in [2.05, 4.69) is 9.97 Å². The summed E-state index contributed by atoms with van der Waals surface area (Å²) < 4.78 is 6.85. The summed E-state index contributed by atoms with van der Waals surface area (Å²) in [6.45, 7) is 3.03. The lowest BCUT2D eigenvalue weighted by atomic mass is 10.1. The number of hydrogen-bond donors (Lipinski definition) is 4. The van der Waals surface area contributed by atoms with E-state index in [0.29, 0.717) is 22.3 Å². The van der Waals surface area contributed by atoms with Crippen LogP contribution in [-0.2, 0) is 4.74 Å². The number of nitrogens with one attached hydrogen (secondary N) is 1. The third-order valence-electron chi connectivity index (χ3n) is 4.20. The molecule has 2 aromatic heterocycles. The van der Waals surface area contributed by atoms with Crippen LogP contribution in [0.5, 0.6) is 0 Å². The minimum Gasteiger partial charge on any atom is -0.394 e. The Labute approximate surface area is 136 Å². The average Bonchev–Trinajstić information content (AvgIpc) is 2.80. The van der Waals surface area contributed by atoms with Gasteiger partial charge in [0.05, 0.1) is 12.0 Å². The summed E-state index contributed by atoms with van der Waals surface area (Å²) in [5, 5.41) is 29.4. The van der Waals surface area contributed by atoms with E-state index in [4.69, 9.17) is 22.1 Å². The summed E-state index contributed by atoms with van der Waals surface area (Å²) in [6, 6.07) is 0. The lowest BCUT2D eigenvalue weighted by molar-refractivity contribution is -0.0538. The van der Waals surface area contributed by atoms with Crippen LogP contribution in [0.25, 0.3) is 11.0 Å². The molecule has 9 heteroatoms. The van der Waals surface area contributed by atoms with E-state index >= 15 is 0 Å². The average molecular weight is 339 g/mol. The number of aromatic amines is 1. The number of aryl methyl sites for hydroxylation is 1. The Kier molecular flexibility index (Phi) is 4.07. The number of hydrogen-bond acceptors (Lipinski definition) is 7. The Bertz CT molecular complexity index is 877. The molecule has 1 fully saturated rings. The molecule has 23 heavy (non-hydrogen) atoms. The van der Waals surface area contributed by atoms with E-state index in [-0.39, 0.29) is 10.2 Å². The van der Waals surface area contributed by atoms with Crippen LogP contribution in [0.1, 0.15) is 17.5 Å². The zero-order chi connectivity index (χ0) is 16.9. The highest BCUT2D eigenvalue weighted by Crippen LogP contribution is 2.29. The van der Waals surface area contributed by atoms with Crippen molar-refractivity contribution in [3.05, 3.63) is 32.4 Å². The Balaban J connectivity index is 2.18. The number of aromatic nitrogens is 3. The fourth-order valence-corrected chi connectivity index (χ4v) is 2.91. The molecule has 1 aliphatic heterocycles. The molecule has 1 aliphatic rings. The summed E-state index contributed by atoms with van der Waals surface area (Å²) in [5.41, 5.74) is 1.42. The molecule has 3 rings (SSSR count). The number of H-pyrrole nitrogens is 1. The quantitative estimate of drug-likeness (QED) is 0.554. The van der Waals surface area contributed by atoms with Gasteiger partial charge in [0.15, 0.2) is 11.7 Å². The largest absolute Gasteiger partial charge is 0.394 e. The summed E-state index contributed by atoms with van der Waals surface area (Å²) in [7, 11) is 0. The first-order valence-electron chi connectivity index (χ1n) is 7.10. The van der Waals surface area contributed by atoms with Crippen LogP contribution in [0, 0.1) is 18.6 Å². The Hall–Kier alpha value is -1.65. The molecule has 8 nitrogen and oxygen atoms in total. The lowest BCUT2D eigenvalue weighted by Crippen LogP contribution is -2.33. The zero-order valence-corrected chi connectivity index (χ0v) is 13.4. The number of ether oxygens (including phenoxy) is 1. The standard InChI is InChI=1S/C14H17N3O5S/c1-5-6(2)15-12-7(9(5)19)3-17(14(23)16-12)13-11(21)10(20)8(4-18)22-13/h3,8,10-11,13,18,20-21H,4H2,1-2H3,(H,15,16,23)/t8-,10?,11?,13-/m1/s1. The van der Waals surface area contributed by atoms with E-state index in [1.165, 1.54) is 10.8 Å². The number of aliphatic hydroxyl groups excluding tert-OH is 3. The van der Waals surface area contributed by atoms with E-state index in [1.54, 1.807) is 13.8 Å². The molecule has 4 N–H and O–H groups in total. The molecule has 0 aromatic carbocycles. The van der Waals surface area contributed by atoms with E-state index < -0.39 is 31.1 Å². The molecule has 1 saturated heterocycles. The Morgan fingerprint density at radius 1 is 1.39 bits per heavy atom. The van der Waals surface area contributed by atoms with Crippen molar-refractivity contribution in [1.82, 2.24) is 14.5 Å². The normalized spacial score (nSPS) is 27.7. The van der Waals surface area contributed by atoms with Crippen molar-refractivity contribution in [1.29, 1.82) is 0 Å². The number of nitrogens with zero attached hydrogens (tertiary/aromatic N) is 2. The fraction of sp³-hybridized carbons (Fsp3) is 0.500. The van der Waals surface area contributed by atoms with Crippen LogP contribution < -0.4 is 5.43 Å². The Morgan fingerprint density at radius 2 is 2.09 bits per heavy atom. The molecule has 0 bridgehead atoms. The van der Waals surface area contributed by atoms with Gasteiger partial charge in [-0.1, -0.05) is 0 Å². The highest BCUT2D eigenvalue weighted by atomic mass is 32.1. The first-order chi connectivity index (χ1) is 10.8. The van der Waals surface area contributed by atoms with Gasteiger partial charge < -0.3 is 25.0 Å². The van der Waals surface area contributed by atoms with Crippen molar-refractivity contribution >= 4 is 23.3 Å². The summed E-state index contributed by atoms with van der Waals surface area (Å²) in [6.07, 6.45) is -3.03. The minimum absolute atomic E-state index is 0.0891. The summed E-state index contributed by atoms with van der Waals surface area (Å²) in [5.74, 6) is 0. The predicted molar refractivity (Wildman–Crippen MR) is 83.7 cm³/mol. The van der Waals surface area contributed by atoms with Crippen molar-refractivity contribution in [2.24, 2.45) is 0 Å². The molecular formula is C14H17N3O5S. The molecule has 2 unspecified atom stereocenters. The monoisotopic (exact) mass is 339 g/mol. The first-order valence-corrected chi connectivity index (χ1v) is 7.50. The van der Waals surface area contributed by atoms with Crippen LogP contribution in [-0.4, -0.2) is 54.8 Å². The fourth-order valence-electron chi connectivity index (χ4n) is 2.67. The summed E-state index contributed by atoms with van der Waals surface area (Å²) >= 11 is 5.20. The molecule has 0 aliphatic carbocycles. The molecule has 0 radical (unpaired) electrons. The smallest absolute Gasteiger partial charge is 0.203 e. The number of aliphatic hydroxyl groups is 3. The van der Waals surface area contributed by atoms with Crippen LogP contribution in [0.3, 0.4) is 0 Å². The highest BCUT2D eigenvalue weighted by Gasteiger charge is 2.43. The molecule has 4 atom stereocenters. The van der Waals surface area contributed by atoms with Gasteiger partial charge in [-0.3, -0.25) is 9.36 Å². The minimum atomic E-state index is -1.29. The molecule has 0 spiro atoms. The SMILES string of the molecule is Cc1[nH]c2nc(=S)n([C@@H]3O[C@H](CO)C(O)C3O)cc2c(=O)c1C. The third kappa shape index (κ3) is 2.50. The van der Waals surface area contributed by atoms with Crippen LogP contribution >= 0.6 is 12.2 Å². The van der Waals surface area contributed by atoms with Crippen molar-refractivity contribution in [3.63, 3.8) is 0 Å². The second-order valence-electron chi connectivity index (χ2n) is 5.63. The maximum Gasteiger partial charge on any atom is 0.203 e. The van der Waals surface area contributed by atoms with Crippen molar-refractivity contribution in [3.8, 4) is 0 Å². The van der Waals surface area contributed by atoms with Crippen molar-refractivity contribution < 1.29 is 20.1 Å². The topological polar surface area (TPSA) is 121 Å².